The van der Waals surface area contributed by atoms with Crippen LogP contribution in [0.3, 0.4) is 0 Å². The number of hydrogen-bond donors (Lipinski definition) is 4. The van der Waals surface area contributed by atoms with Crippen molar-refractivity contribution in [2.75, 3.05) is 11.9 Å². The maximum absolute atomic E-state index is 12.2. The number of hydrogen-bond acceptors (Lipinski definition) is 6. The van der Waals surface area contributed by atoms with Crippen LogP contribution in [0, 0.1) is 0 Å². The van der Waals surface area contributed by atoms with Crippen LogP contribution in [0.25, 0.3) is 6.08 Å². The number of amides is 2. The molecule has 8 heteroatoms. The Balaban J connectivity index is 1.96. The molecule has 0 radical (unpaired) electrons. The largest absolute Gasteiger partial charge is 0.465 e. The smallest absolute Gasteiger partial charge is 0.251 e. The first-order valence-electron chi connectivity index (χ1n) is 8.16. The molecule has 27 heavy (non-hydrogen) atoms. The number of aliphatic hydroxyl groups excluding tert-OH is 2. The van der Waals surface area contributed by atoms with Gasteiger partial charge in [0.2, 0.25) is 5.91 Å². The van der Waals surface area contributed by atoms with Gasteiger partial charge in [-0.25, -0.2) is 0 Å². The predicted molar refractivity (Wildman–Crippen MR) is 97.8 cm³/mol. The Bertz CT molecular complexity index is 809. The third kappa shape index (κ3) is 5.91. The molecular formula is C19H20N2O6. The second-order valence-electron chi connectivity index (χ2n) is 5.73. The Morgan fingerprint density at radius 2 is 1.89 bits per heavy atom. The fourth-order valence-electron chi connectivity index (χ4n) is 2.23. The second kappa shape index (κ2) is 9.46. The van der Waals surface area contributed by atoms with E-state index in [-0.39, 0.29) is 11.5 Å². The van der Waals surface area contributed by atoms with Gasteiger partial charge in [-0.3, -0.25) is 14.4 Å². The topological polar surface area (TPSA) is 129 Å². The number of anilines is 1. The fourth-order valence-corrected chi connectivity index (χ4v) is 2.23. The number of nitrogens with one attached hydrogen (secondary N) is 2. The monoisotopic (exact) mass is 372 g/mol. The zero-order chi connectivity index (χ0) is 19.8. The number of carbonyl (C=O) groups excluding carboxylic acids is 3. The summed E-state index contributed by atoms with van der Waals surface area (Å²) in [4.78, 5) is 35.6. The van der Waals surface area contributed by atoms with Gasteiger partial charge in [-0.1, -0.05) is 0 Å². The molecule has 1 aromatic heterocycles. The third-order valence-electron chi connectivity index (χ3n) is 3.63. The number of Topliss-reactive ketones (excluding diaryl/α,β-unsaturated/α-hetero) is 1. The molecule has 2 rings (SSSR count). The molecule has 8 nitrogen and oxygen atoms in total. The van der Waals surface area contributed by atoms with Gasteiger partial charge in [0.05, 0.1) is 12.4 Å². The molecule has 4 N–H and O–H groups in total. The van der Waals surface area contributed by atoms with Crippen LogP contribution in [0.2, 0.25) is 0 Å². The van der Waals surface area contributed by atoms with Gasteiger partial charge < -0.3 is 25.3 Å². The van der Waals surface area contributed by atoms with E-state index in [1.165, 1.54) is 49.6 Å². The van der Waals surface area contributed by atoms with Crippen LogP contribution in [-0.4, -0.2) is 46.6 Å². The van der Waals surface area contributed by atoms with Gasteiger partial charge in [-0.2, -0.15) is 0 Å². The molecule has 0 unspecified atom stereocenters. The van der Waals surface area contributed by atoms with Crippen LogP contribution in [-0.2, 0) is 9.59 Å². The standard InChI is InChI=1S/C19H20N2O6/c1-12(23)18(16(24)11-22)21-19(26)13-4-6-14(7-5-13)20-17(25)9-8-15-3-2-10-27-15/h2-10,12,18,22-23H,11H2,1H3,(H,20,25)(H,21,26)/b9-8+/t12-,18+/m1/s1. The number of aliphatic hydroxyl groups is 2. The molecular weight excluding hydrogens is 352 g/mol. The highest BCUT2D eigenvalue weighted by Crippen LogP contribution is 2.11. The van der Waals surface area contributed by atoms with Crippen molar-refractivity contribution in [2.24, 2.45) is 0 Å². The molecule has 1 heterocycles. The maximum atomic E-state index is 12.2. The van der Waals surface area contributed by atoms with Crippen molar-refractivity contribution < 1.29 is 29.0 Å². The van der Waals surface area contributed by atoms with Crippen LogP contribution in [0.5, 0.6) is 0 Å². The van der Waals surface area contributed by atoms with Crippen LogP contribution in [0.1, 0.15) is 23.0 Å². The van der Waals surface area contributed by atoms with Crippen LogP contribution in [0.15, 0.2) is 53.2 Å². The van der Waals surface area contributed by atoms with Crippen LogP contribution >= 0.6 is 0 Å². The lowest BCUT2D eigenvalue weighted by atomic mass is 10.1. The van der Waals surface area contributed by atoms with Crippen molar-refractivity contribution in [2.45, 2.75) is 19.1 Å². The first-order valence-corrected chi connectivity index (χ1v) is 8.16. The van der Waals surface area contributed by atoms with Crippen molar-refractivity contribution in [1.82, 2.24) is 5.32 Å². The van der Waals surface area contributed by atoms with Crippen LogP contribution < -0.4 is 10.6 Å². The second-order valence-corrected chi connectivity index (χ2v) is 5.73. The fraction of sp³-hybridized carbons (Fsp3) is 0.211. The molecule has 0 saturated carbocycles. The Morgan fingerprint density at radius 3 is 2.44 bits per heavy atom. The van der Waals surface area contributed by atoms with Gasteiger partial charge in [-0.05, 0) is 49.4 Å². The Kier molecular flexibility index (Phi) is 7.04. The lowest BCUT2D eigenvalue weighted by molar-refractivity contribution is -0.125. The molecule has 0 bridgehead atoms. The highest BCUT2D eigenvalue weighted by atomic mass is 16.3. The van der Waals surface area contributed by atoms with Gasteiger partial charge in [0, 0.05) is 17.3 Å². The lowest BCUT2D eigenvalue weighted by Crippen LogP contribution is -2.48. The predicted octanol–water partition coefficient (Wildman–Crippen LogP) is 0.972. The van der Waals surface area contributed by atoms with E-state index in [2.05, 4.69) is 10.6 Å². The summed E-state index contributed by atoms with van der Waals surface area (Å²) in [5.74, 6) is -1.10. The van der Waals surface area contributed by atoms with E-state index in [1.54, 1.807) is 12.1 Å². The molecule has 1 aromatic carbocycles. The molecule has 0 fully saturated rings. The first kappa shape index (κ1) is 20.1. The highest BCUT2D eigenvalue weighted by molar-refractivity contribution is 6.02. The summed E-state index contributed by atoms with van der Waals surface area (Å²) in [6, 6.07) is 8.19. The summed E-state index contributed by atoms with van der Waals surface area (Å²) in [6.45, 7) is 0.555. The number of benzene rings is 1. The molecule has 0 aliphatic heterocycles. The average Bonchev–Trinajstić information content (AvgIpc) is 3.17. The van der Waals surface area contributed by atoms with E-state index in [0.29, 0.717) is 11.4 Å². The summed E-state index contributed by atoms with van der Waals surface area (Å²) < 4.78 is 5.08. The van der Waals surface area contributed by atoms with Gasteiger partial charge >= 0.3 is 0 Å². The van der Waals surface area contributed by atoms with Gasteiger partial charge in [0.15, 0.2) is 5.78 Å². The van der Waals surface area contributed by atoms with Gasteiger partial charge in [0.25, 0.3) is 5.91 Å². The van der Waals surface area contributed by atoms with E-state index >= 15 is 0 Å². The normalized spacial score (nSPS) is 13.1. The van der Waals surface area contributed by atoms with Crippen LogP contribution in [0.4, 0.5) is 5.69 Å². The average molecular weight is 372 g/mol. The number of furan rings is 1. The zero-order valence-corrected chi connectivity index (χ0v) is 14.6. The highest BCUT2D eigenvalue weighted by Gasteiger charge is 2.25. The van der Waals surface area contributed by atoms with E-state index in [0.717, 1.165) is 0 Å². The summed E-state index contributed by atoms with van der Waals surface area (Å²) >= 11 is 0. The minimum absolute atomic E-state index is 0.232. The number of rotatable bonds is 8. The molecule has 0 spiro atoms. The summed E-state index contributed by atoms with van der Waals surface area (Å²) in [5, 5.41) is 23.5. The molecule has 2 amide bonds. The number of ketones is 1. The Labute approximate surface area is 155 Å². The zero-order valence-electron chi connectivity index (χ0n) is 14.6. The Morgan fingerprint density at radius 1 is 1.19 bits per heavy atom. The molecule has 0 aliphatic rings. The maximum Gasteiger partial charge on any atom is 0.251 e. The summed E-state index contributed by atoms with van der Waals surface area (Å²) in [7, 11) is 0. The molecule has 142 valence electrons. The third-order valence-corrected chi connectivity index (χ3v) is 3.63. The minimum Gasteiger partial charge on any atom is -0.465 e. The minimum atomic E-state index is -1.20. The number of carbonyl (C=O) groups is 3. The molecule has 2 aromatic rings. The van der Waals surface area contributed by atoms with Crippen molar-refractivity contribution in [3.63, 3.8) is 0 Å². The van der Waals surface area contributed by atoms with Gasteiger partial charge in [0.1, 0.15) is 18.4 Å². The van der Waals surface area contributed by atoms with E-state index < -0.39 is 30.4 Å². The lowest BCUT2D eigenvalue weighted by Gasteiger charge is -2.19. The van der Waals surface area contributed by atoms with E-state index in [9.17, 15) is 19.5 Å². The molecule has 0 saturated heterocycles. The van der Waals surface area contributed by atoms with E-state index in [1.807, 2.05) is 0 Å². The molecule has 0 aliphatic carbocycles. The summed E-state index contributed by atoms with van der Waals surface area (Å²) in [6.07, 6.45) is 3.18. The van der Waals surface area contributed by atoms with Crippen molar-refractivity contribution >= 4 is 29.4 Å². The van der Waals surface area contributed by atoms with Gasteiger partial charge in [-0.15, -0.1) is 0 Å². The Hall–Kier alpha value is -3.23. The molecule has 2 atom stereocenters. The SMILES string of the molecule is C[C@@H](O)[C@H](NC(=O)c1ccc(NC(=O)/C=C/c2ccco2)cc1)C(=O)CO. The van der Waals surface area contributed by atoms with Crippen molar-refractivity contribution in [1.29, 1.82) is 0 Å². The first-order chi connectivity index (χ1) is 12.9. The van der Waals surface area contributed by atoms with E-state index in [4.69, 9.17) is 9.52 Å². The quantitative estimate of drug-likeness (QED) is 0.511. The van der Waals surface area contributed by atoms with Crippen molar-refractivity contribution in [3.8, 4) is 0 Å². The summed E-state index contributed by atoms with van der Waals surface area (Å²) in [5.41, 5.74) is 0.703. The van der Waals surface area contributed by atoms with Crippen molar-refractivity contribution in [3.05, 3.63) is 60.1 Å².